The van der Waals surface area contributed by atoms with Crippen molar-refractivity contribution >= 4 is 29.3 Å². The molecule has 0 radical (unpaired) electrons. The van der Waals surface area contributed by atoms with Gasteiger partial charge < -0.3 is 24.4 Å². The van der Waals surface area contributed by atoms with Gasteiger partial charge in [0.1, 0.15) is 28.7 Å². The van der Waals surface area contributed by atoms with E-state index < -0.39 is 11.7 Å². The first-order chi connectivity index (χ1) is 18.2. The van der Waals surface area contributed by atoms with E-state index in [1.807, 2.05) is 99.6 Å². The molecule has 202 valence electrons. The highest BCUT2D eigenvalue weighted by molar-refractivity contribution is 6.29. The van der Waals surface area contributed by atoms with E-state index in [-0.39, 0.29) is 11.8 Å². The molecule has 0 spiro atoms. The van der Waals surface area contributed by atoms with Gasteiger partial charge in [-0.05, 0) is 87.7 Å². The van der Waals surface area contributed by atoms with Gasteiger partial charge in [-0.2, -0.15) is 0 Å². The average Bonchev–Trinajstić information content (AvgIpc) is 2.90. The van der Waals surface area contributed by atoms with Crippen LogP contribution in [0, 0.1) is 0 Å². The summed E-state index contributed by atoms with van der Waals surface area (Å²) in [6.07, 6.45) is 1.18. The minimum absolute atomic E-state index is 0.0948. The Labute approximate surface area is 229 Å². The van der Waals surface area contributed by atoms with Crippen molar-refractivity contribution in [2.24, 2.45) is 0 Å². The second-order valence-electron chi connectivity index (χ2n) is 9.65. The molecule has 0 aromatic heterocycles. The summed E-state index contributed by atoms with van der Waals surface area (Å²) in [4.78, 5) is 25.7. The molecule has 7 nitrogen and oxygen atoms in total. The number of alkyl halides is 1. The molecule has 0 fully saturated rings. The van der Waals surface area contributed by atoms with Crippen molar-refractivity contribution in [3.8, 4) is 17.2 Å². The topological polar surface area (TPSA) is 77.1 Å². The van der Waals surface area contributed by atoms with E-state index in [4.69, 9.17) is 25.8 Å². The second kappa shape index (κ2) is 14.3. The Kier molecular flexibility index (Phi) is 10.8. The van der Waals surface area contributed by atoms with Gasteiger partial charge in [0, 0.05) is 12.2 Å². The minimum Gasteiger partial charge on any atom is -0.494 e. The summed E-state index contributed by atoms with van der Waals surface area (Å²) in [5.41, 5.74) is 1.27. The Balaban J connectivity index is 1.44. The number of anilines is 1. The summed E-state index contributed by atoms with van der Waals surface area (Å²) in [6, 6.07) is 24.5. The van der Waals surface area contributed by atoms with Crippen LogP contribution in [0.5, 0.6) is 17.2 Å². The van der Waals surface area contributed by atoms with E-state index in [9.17, 15) is 9.59 Å². The van der Waals surface area contributed by atoms with Gasteiger partial charge in [-0.25, -0.2) is 4.79 Å². The van der Waals surface area contributed by atoms with Crippen LogP contribution in [0.3, 0.4) is 0 Å². The normalized spacial score (nSPS) is 10.9. The molecule has 0 aliphatic heterocycles. The molecule has 38 heavy (non-hydrogen) atoms. The molecule has 0 atom stereocenters. The Hall–Kier alpha value is -3.71. The van der Waals surface area contributed by atoms with E-state index in [0.29, 0.717) is 31.2 Å². The SMILES string of the molecule is CC(C)(C)OC(=O)NCCCCOc1ccc(Oc2ccc(N(Cc3ccccc3)C(=O)CCl)cc2)cc1. The number of carbonyl (C=O) groups is 2. The number of hydrogen-bond acceptors (Lipinski definition) is 5. The monoisotopic (exact) mass is 538 g/mol. The molecule has 2 amide bonds. The number of ether oxygens (including phenoxy) is 3. The number of nitrogens with zero attached hydrogens (tertiary/aromatic N) is 1. The molecule has 0 aliphatic rings. The Morgan fingerprint density at radius 2 is 1.45 bits per heavy atom. The highest BCUT2D eigenvalue weighted by Crippen LogP contribution is 2.27. The fourth-order valence-electron chi connectivity index (χ4n) is 3.52. The van der Waals surface area contributed by atoms with Gasteiger partial charge in [0.25, 0.3) is 0 Å². The Morgan fingerprint density at radius 1 is 0.842 bits per heavy atom. The van der Waals surface area contributed by atoms with Gasteiger partial charge >= 0.3 is 6.09 Å². The van der Waals surface area contributed by atoms with Crippen LogP contribution in [-0.4, -0.2) is 36.6 Å². The number of benzene rings is 3. The first kappa shape index (κ1) is 28.9. The average molecular weight is 539 g/mol. The van der Waals surface area contributed by atoms with Crippen LogP contribution in [0.25, 0.3) is 0 Å². The molecule has 1 N–H and O–H groups in total. The zero-order valence-corrected chi connectivity index (χ0v) is 22.9. The van der Waals surface area contributed by atoms with Gasteiger partial charge in [-0.1, -0.05) is 30.3 Å². The van der Waals surface area contributed by atoms with Crippen molar-refractivity contribution in [1.29, 1.82) is 0 Å². The van der Waals surface area contributed by atoms with Crippen LogP contribution in [-0.2, 0) is 16.1 Å². The fraction of sp³-hybridized carbons (Fsp3) is 0.333. The standard InChI is InChI=1S/C30H35ClN2O5/c1-30(2,3)38-29(35)32-19-7-8-20-36-25-15-17-27(18-16-25)37-26-13-11-24(12-14-26)33(28(34)21-31)22-23-9-5-4-6-10-23/h4-6,9-18H,7-8,19-22H2,1-3H3,(H,32,35). The Morgan fingerprint density at radius 3 is 2.05 bits per heavy atom. The number of rotatable bonds is 12. The highest BCUT2D eigenvalue weighted by atomic mass is 35.5. The van der Waals surface area contributed by atoms with Crippen molar-refractivity contribution in [2.75, 3.05) is 23.9 Å². The molecule has 3 rings (SSSR count). The van der Waals surface area contributed by atoms with E-state index in [2.05, 4.69) is 5.32 Å². The number of alkyl carbamates (subject to hydrolysis) is 1. The van der Waals surface area contributed by atoms with Gasteiger partial charge in [0.05, 0.1) is 13.2 Å². The van der Waals surface area contributed by atoms with E-state index in [1.54, 1.807) is 4.90 Å². The van der Waals surface area contributed by atoms with Crippen molar-refractivity contribution in [3.63, 3.8) is 0 Å². The lowest BCUT2D eigenvalue weighted by Gasteiger charge is -2.22. The first-order valence-corrected chi connectivity index (χ1v) is 13.1. The van der Waals surface area contributed by atoms with Crippen LogP contribution in [0.4, 0.5) is 10.5 Å². The second-order valence-corrected chi connectivity index (χ2v) is 9.92. The number of amides is 2. The van der Waals surface area contributed by atoms with Crippen molar-refractivity contribution in [1.82, 2.24) is 5.32 Å². The zero-order chi connectivity index (χ0) is 27.4. The molecule has 3 aromatic rings. The number of hydrogen-bond donors (Lipinski definition) is 1. The molecule has 0 saturated carbocycles. The predicted molar refractivity (Wildman–Crippen MR) is 150 cm³/mol. The van der Waals surface area contributed by atoms with Gasteiger partial charge in [0.15, 0.2) is 0 Å². The van der Waals surface area contributed by atoms with Gasteiger partial charge in [-0.15, -0.1) is 11.6 Å². The maximum absolute atomic E-state index is 12.5. The van der Waals surface area contributed by atoms with Crippen LogP contribution in [0.15, 0.2) is 78.9 Å². The third-order valence-electron chi connectivity index (χ3n) is 5.31. The summed E-state index contributed by atoms with van der Waals surface area (Å²) < 4.78 is 16.9. The summed E-state index contributed by atoms with van der Waals surface area (Å²) in [5, 5.41) is 2.74. The summed E-state index contributed by atoms with van der Waals surface area (Å²) in [6.45, 7) is 7.02. The first-order valence-electron chi connectivity index (χ1n) is 12.6. The van der Waals surface area contributed by atoms with E-state index in [1.165, 1.54) is 0 Å². The smallest absolute Gasteiger partial charge is 0.407 e. The number of unbranched alkanes of at least 4 members (excludes halogenated alkanes) is 1. The lowest BCUT2D eigenvalue weighted by Crippen LogP contribution is -2.33. The minimum atomic E-state index is -0.499. The number of carbonyl (C=O) groups excluding carboxylic acids is 2. The summed E-state index contributed by atoms with van der Waals surface area (Å²) in [5.74, 6) is 1.80. The molecule has 8 heteroatoms. The van der Waals surface area contributed by atoms with Crippen LogP contribution in [0.2, 0.25) is 0 Å². The molecule has 0 saturated heterocycles. The van der Waals surface area contributed by atoms with Crippen LogP contribution in [0.1, 0.15) is 39.2 Å². The quantitative estimate of drug-likeness (QED) is 0.200. The van der Waals surface area contributed by atoms with E-state index in [0.717, 1.165) is 29.8 Å². The summed E-state index contributed by atoms with van der Waals surface area (Å²) in [7, 11) is 0. The van der Waals surface area contributed by atoms with Gasteiger partial charge in [-0.3, -0.25) is 4.79 Å². The lowest BCUT2D eigenvalue weighted by molar-refractivity contribution is -0.116. The maximum Gasteiger partial charge on any atom is 0.407 e. The van der Waals surface area contributed by atoms with Gasteiger partial charge in [0.2, 0.25) is 5.91 Å². The predicted octanol–water partition coefficient (Wildman–Crippen LogP) is 6.93. The third-order valence-corrected chi connectivity index (χ3v) is 5.54. The van der Waals surface area contributed by atoms with Crippen molar-refractivity contribution in [2.45, 2.75) is 45.8 Å². The maximum atomic E-state index is 12.5. The molecular formula is C30H35ClN2O5. The molecule has 0 aliphatic carbocycles. The highest BCUT2D eigenvalue weighted by Gasteiger charge is 2.16. The molecule has 3 aromatic carbocycles. The third kappa shape index (κ3) is 9.98. The molecular weight excluding hydrogens is 504 g/mol. The Bertz CT molecular complexity index is 1150. The number of halogens is 1. The number of nitrogens with one attached hydrogen (secondary N) is 1. The van der Waals surface area contributed by atoms with E-state index >= 15 is 0 Å². The molecule has 0 bridgehead atoms. The molecule has 0 heterocycles. The lowest BCUT2D eigenvalue weighted by atomic mass is 10.2. The largest absolute Gasteiger partial charge is 0.494 e. The molecule has 0 unspecified atom stereocenters. The fourth-order valence-corrected chi connectivity index (χ4v) is 3.66. The summed E-state index contributed by atoms with van der Waals surface area (Å²) >= 11 is 5.85. The van der Waals surface area contributed by atoms with Crippen molar-refractivity contribution in [3.05, 3.63) is 84.4 Å². The van der Waals surface area contributed by atoms with Crippen LogP contribution >= 0.6 is 11.6 Å². The van der Waals surface area contributed by atoms with Crippen LogP contribution < -0.4 is 19.7 Å². The van der Waals surface area contributed by atoms with Crippen molar-refractivity contribution < 1.29 is 23.8 Å². The zero-order valence-electron chi connectivity index (χ0n) is 22.1.